The van der Waals surface area contributed by atoms with Crippen molar-refractivity contribution < 1.29 is 9.21 Å². The zero-order chi connectivity index (χ0) is 19.2. The molecule has 0 unspecified atom stereocenters. The summed E-state index contributed by atoms with van der Waals surface area (Å²) in [6, 6.07) is 7.48. The van der Waals surface area contributed by atoms with E-state index in [1.165, 1.54) is 6.26 Å². The smallest absolute Gasteiger partial charge is 0.289 e. The summed E-state index contributed by atoms with van der Waals surface area (Å²) in [5.74, 6) is 2.09. The van der Waals surface area contributed by atoms with Crippen molar-refractivity contribution in [2.45, 2.75) is 6.54 Å². The van der Waals surface area contributed by atoms with Gasteiger partial charge >= 0.3 is 0 Å². The average molecular weight is 498 g/mol. The van der Waals surface area contributed by atoms with Crippen LogP contribution < -0.4 is 10.2 Å². The first-order chi connectivity index (χ1) is 13.1. The largest absolute Gasteiger partial charge is 0.459 e. The van der Waals surface area contributed by atoms with Crippen molar-refractivity contribution in [1.29, 1.82) is 0 Å². The number of carbonyl (C=O) groups excluding carboxylic acids is 1. The Morgan fingerprint density at radius 1 is 1.25 bits per heavy atom. The molecule has 1 aliphatic heterocycles. The van der Waals surface area contributed by atoms with Crippen LogP contribution in [0.3, 0.4) is 0 Å². The molecule has 1 amide bonds. The van der Waals surface area contributed by atoms with E-state index in [0.717, 1.165) is 30.4 Å². The lowest BCUT2D eigenvalue weighted by Crippen LogP contribution is -2.53. The van der Waals surface area contributed by atoms with E-state index in [4.69, 9.17) is 4.42 Å². The second kappa shape index (κ2) is 10.3. The van der Waals surface area contributed by atoms with Gasteiger partial charge in [0.2, 0.25) is 0 Å². The third kappa shape index (κ3) is 5.37. The number of anilines is 1. The number of aromatic nitrogens is 1. The normalized spacial score (nSPS) is 14.5. The predicted molar refractivity (Wildman–Crippen MR) is 120 cm³/mol. The molecule has 0 bridgehead atoms. The van der Waals surface area contributed by atoms with Crippen LogP contribution in [0.1, 0.15) is 16.1 Å². The summed E-state index contributed by atoms with van der Waals surface area (Å²) in [7, 11) is 5.73. The minimum Gasteiger partial charge on any atom is -0.459 e. The molecule has 1 saturated heterocycles. The van der Waals surface area contributed by atoms with E-state index in [1.54, 1.807) is 19.2 Å². The molecule has 0 atom stereocenters. The van der Waals surface area contributed by atoms with Crippen molar-refractivity contribution >= 4 is 41.7 Å². The van der Waals surface area contributed by atoms with Crippen molar-refractivity contribution in [2.24, 2.45) is 4.99 Å². The molecule has 2 aromatic rings. The number of rotatable bonds is 4. The molecule has 9 heteroatoms. The van der Waals surface area contributed by atoms with E-state index >= 15 is 0 Å². The van der Waals surface area contributed by atoms with Crippen molar-refractivity contribution in [3.05, 3.63) is 48.0 Å². The van der Waals surface area contributed by atoms with E-state index in [9.17, 15) is 4.79 Å². The number of hydrogen-bond donors (Lipinski definition) is 1. The molecule has 1 N–H and O–H groups in total. The van der Waals surface area contributed by atoms with Crippen molar-refractivity contribution in [3.8, 4) is 0 Å². The molecule has 1 aliphatic rings. The minimum atomic E-state index is -0.0596. The van der Waals surface area contributed by atoms with Crippen molar-refractivity contribution in [2.75, 3.05) is 52.2 Å². The number of nitrogens with zero attached hydrogens (tertiary/aromatic N) is 5. The van der Waals surface area contributed by atoms with Crippen LogP contribution in [0.2, 0.25) is 0 Å². The molecule has 0 spiro atoms. The topological polar surface area (TPSA) is 77.2 Å². The minimum absolute atomic E-state index is 0. The molecule has 0 saturated carbocycles. The lowest BCUT2D eigenvalue weighted by atomic mass is 10.2. The van der Waals surface area contributed by atoms with Crippen LogP contribution >= 0.6 is 24.0 Å². The molecular weight excluding hydrogens is 471 g/mol. The number of carbonyl (C=O) groups is 1. The SMILES string of the molecule is CN=C(NCc1ccnc(N(C)C)c1)N1CCN(C(=O)c2ccco2)CC1.I. The van der Waals surface area contributed by atoms with Gasteiger partial charge < -0.3 is 24.4 Å². The Hall–Kier alpha value is -2.30. The van der Waals surface area contributed by atoms with E-state index in [-0.39, 0.29) is 29.9 Å². The van der Waals surface area contributed by atoms with Gasteiger partial charge in [0, 0.05) is 60.1 Å². The van der Waals surface area contributed by atoms with Gasteiger partial charge in [0.15, 0.2) is 11.7 Å². The van der Waals surface area contributed by atoms with Crippen LogP contribution in [-0.4, -0.2) is 74.0 Å². The molecule has 0 radical (unpaired) electrons. The number of amides is 1. The van der Waals surface area contributed by atoms with E-state index < -0.39 is 0 Å². The highest BCUT2D eigenvalue weighted by Crippen LogP contribution is 2.11. The number of guanidine groups is 1. The molecule has 0 aliphatic carbocycles. The molecule has 28 heavy (non-hydrogen) atoms. The fourth-order valence-electron chi connectivity index (χ4n) is 3.01. The van der Waals surface area contributed by atoms with Crippen molar-refractivity contribution in [1.82, 2.24) is 20.1 Å². The van der Waals surface area contributed by atoms with E-state index in [1.807, 2.05) is 36.2 Å². The highest BCUT2D eigenvalue weighted by molar-refractivity contribution is 14.0. The lowest BCUT2D eigenvalue weighted by Gasteiger charge is -2.36. The Morgan fingerprint density at radius 3 is 2.57 bits per heavy atom. The molecule has 2 aromatic heterocycles. The van der Waals surface area contributed by atoms with Crippen LogP contribution in [0.25, 0.3) is 0 Å². The third-order valence-electron chi connectivity index (χ3n) is 4.53. The summed E-state index contributed by atoms with van der Waals surface area (Å²) in [5.41, 5.74) is 1.14. The molecule has 152 valence electrons. The molecular formula is C19H27IN6O2. The summed E-state index contributed by atoms with van der Waals surface area (Å²) < 4.78 is 5.21. The Labute approximate surface area is 182 Å². The summed E-state index contributed by atoms with van der Waals surface area (Å²) >= 11 is 0. The molecule has 1 fully saturated rings. The van der Waals surface area contributed by atoms with Gasteiger partial charge in [0.25, 0.3) is 5.91 Å². The van der Waals surface area contributed by atoms with Crippen LogP contribution in [-0.2, 0) is 6.54 Å². The van der Waals surface area contributed by atoms with Gasteiger partial charge in [-0.05, 0) is 29.8 Å². The number of furan rings is 1. The highest BCUT2D eigenvalue weighted by atomic mass is 127. The summed E-state index contributed by atoms with van der Waals surface area (Å²) in [6.45, 7) is 3.40. The second-order valence-electron chi connectivity index (χ2n) is 6.57. The monoisotopic (exact) mass is 498 g/mol. The number of piperazine rings is 1. The second-order valence-corrected chi connectivity index (χ2v) is 6.57. The number of halogens is 1. The van der Waals surface area contributed by atoms with Gasteiger partial charge in [0.05, 0.1) is 6.26 Å². The zero-order valence-corrected chi connectivity index (χ0v) is 18.8. The van der Waals surface area contributed by atoms with Gasteiger partial charge in [-0.25, -0.2) is 4.98 Å². The number of pyridine rings is 1. The Morgan fingerprint density at radius 2 is 1.96 bits per heavy atom. The Kier molecular flexibility index (Phi) is 8.09. The number of aliphatic imine (C=N–C) groups is 1. The molecule has 8 nitrogen and oxygen atoms in total. The average Bonchev–Trinajstić information content (AvgIpc) is 3.23. The first kappa shape index (κ1) is 22.0. The van der Waals surface area contributed by atoms with Gasteiger partial charge in [-0.15, -0.1) is 24.0 Å². The lowest BCUT2D eigenvalue weighted by molar-refractivity contribution is 0.0657. The highest BCUT2D eigenvalue weighted by Gasteiger charge is 2.25. The predicted octanol–water partition coefficient (Wildman–Crippen LogP) is 1.89. The van der Waals surface area contributed by atoms with Gasteiger partial charge in [-0.3, -0.25) is 9.79 Å². The summed E-state index contributed by atoms with van der Waals surface area (Å²) in [4.78, 5) is 27.0. The molecule has 0 aromatic carbocycles. The van der Waals surface area contributed by atoms with Crippen LogP contribution in [0.5, 0.6) is 0 Å². The first-order valence-electron chi connectivity index (χ1n) is 8.99. The van der Waals surface area contributed by atoms with Crippen LogP contribution in [0, 0.1) is 0 Å². The fraction of sp³-hybridized carbons (Fsp3) is 0.421. The Balaban J connectivity index is 0.00000280. The maximum absolute atomic E-state index is 12.4. The maximum Gasteiger partial charge on any atom is 0.289 e. The van der Waals surface area contributed by atoms with Gasteiger partial charge in [-0.1, -0.05) is 0 Å². The summed E-state index contributed by atoms with van der Waals surface area (Å²) in [5, 5.41) is 3.40. The van der Waals surface area contributed by atoms with Crippen LogP contribution in [0.15, 0.2) is 46.1 Å². The zero-order valence-electron chi connectivity index (χ0n) is 16.5. The quantitative estimate of drug-likeness (QED) is 0.394. The third-order valence-corrected chi connectivity index (χ3v) is 4.53. The van der Waals surface area contributed by atoms with E-state index in [2.05, 4.69) is 26.3 Å². The fourth-order valence-corrected chi connectivity index (χ4v) is 3.01. The van der Waals surface area contributed by atoms with E-state index in [0.29, 0.717) is 25.4 Å². The standard InChI is InChI=1S/C19H26N6O2.HI/c1-20-19(22-14-15-6-7-21-17(13-15)23(2)3)25-10-8-24(9-11-25)18(26)16-5-4-12-27-16;/h4-7,12-13H,8-11,14H2,1-3H3,(H,20,22);1H. The van der Waals surface area contributed by atoms with Crippen molar-refractivity contribution in [3.63, 3.8) is 0 Å². The number of hydrogen-bond acceptors (Lipinski definition) is 5. The van der Waals surface area contributed by atoms with Gasteiger partial charge in [0.1, 0.15) is 5.82 Å². The number of nitrogens with one attached hydrogen (secondary N) is 1. The molecule has 3 rings (SSSR count). The first-order valence-corrected chi connectivity index (χ1v) is 8.99. The summed E-state index contributed by atoms with van der Waals surface area (Å²) in [6.07, 6.45) is 3.34. The van der Waals surface area contributed by atoms with Gasteiger partial charge in [-0.2, -0.15) is 0 Å². The Bertz CT molecular complexity index is 785. The molecule has 3 heterocycles. The maximum atomic E-state index is 12.4. The van der Waals surface area contributed by atoms with Crippen LogP contribution in [0.4, 0.5) is 5.82 Å².